The van der Waals surface area contributed by atoms with Crippen LogP contribution in [0.25, 0.3) is 0 Å². The molecule has 0 fully saturated rings. The summed E-state index contributed by atoms with van der Waals surface area (Å²) in [7, 11) is 0. The Morgan fingerprint density at radius 2 is 2.14 bits per heavy atom. The largest absolute Gasteiger partial charge is 0.345 e. The highest BCUT2D eigenvalue weighted by atomic mass is 127. The van der Waals surface area contributed by atoms with Crippen LogP contribution in [0.5, 0.6) is 0 Å². The van der Waals surface area contributed by atoms with Crippen molar-refractivity contribution in [1.82, 2.24) is 4.98 Å². The Bertz CT molecular complexity index is 432. The summed E-state index contributed by atoms with van der Waals surface area (Å²) in [5.41, 5.74) is -2.35. The van der Waals surface area contributed by atoms with Crippen molar-refractivity contribution in [3.05, 3.63) is 35.8 Å². The van der Waals surface area contributed by atoms with Gasteiger partial charge in [0.15, 0.2) is 3.70 Å². The van der Waals surface area contributed by atoms with Crippen molar-refractivity contribution in [2.75, 3.05) is 0 Å². The van der Waals surface area contributed by atoms with Crippen LogP contribution in [-0.2, 0) is 0 Å². The van der Waals surface area contributed by atoms with Crippen LogP contribution in [0.1, 0.15) is 12.1 Å². The summed E-state index contributed by atoms with van der Waals surface area (Å²) in [6.07, 6.45) is -2.85. The fraction of sp³-hybridized carbons (Fsp3) is 0.167. The number of hydrogen-bond donors (Lipinski definition) is 1. The second-order valence-electron chi connectivity index (χ2n) is 2.31. The topological polar surface area (TPSA) is 76.0 Å². The smallest absolute Gasteiger partial charge is 0.343 e. The maximum Gasteiger partial charge on any atom is 0.345 e. The number of aromatic nitrogens is 1. The summed E-state index contributed by atoms with van der Waals surface area (Å²) in [6, 6.07) is 0.533. The molecule has 0 radical (unpaired) electrons. The van der Waals surface area contributed by atoms with Crippen molar-refractivity contribution in [2.24, 2.45) is 0 Å². The summed E-state index contributed by atoms with van der Waals surface area (Å²) >= 11 is 1.43. The first-order valence-electron chi connectivity index (χ1n) is 3.28. The van der Waals surface area contributed by atoms with Crippen LogP contribution in [0.4, 0.5) is 14.5 Å². The molecule has 1 aromatic heterocycles. The van der Waals surface area contributed by atoms with E-state index >= 15 is 0 Å². The predicted molar refractivity (Wildman–Crippen MR) is 51.4 cm³/mol. The van der Waals surface area contributed by atoms with Crippen molar-refractivity contribution in [3.63, 3.8) is 0 Å². The van der Waals surface area contributed by atoms with Gasteiger partial charge in [0.05, 0.1) is 10.6 Å². The minimum absolute atomic E-state index is 0.199. The Morgan fingerprint density at radius 3 is 2.50 bits per heavy atom. The molecular formula is C6H3F2IN2O3. The lowest BCUT2D eigenvalue weighted by atomic mass is 10.3. The van der Waals surface area contributed by atoms with E-state index in [0.29, 0.717) is 6.07 Å². The molecule has 0 bridgehead atoms. The molecule has 0 aliphatic rings. The highest BCUT2D eigenvalue weighted by Gasteiger charge is 2.21. The number of pyridine rings is 1. The normalized spacial score (nSPS) is 10.6. The van der Waals surface area contributed by atoms with Gasteiger partial charge in [-0.3, -0.25) is 14.9 Å². The average molecular weight is 316 g/mol. The molecule has 14 heavy (non-hydrogen) atoms. The van der Waals surface area contributed by atoms with Crippen LogP contribution in [-0.4, -0.2) is 9.91 Å². The van der Waals surface area contributed by atoms with E-state index in [-0.39, 0.29) is 3.70 Å². The summed E-state index contributed by atoms with van der Waals surface area (Å²) in [5.74, 6) is 0. The Hall–Kier alpha value is -1.06. The van der Waals surface area contributed by atoms with Gasteiger partial charge in [0.2, 0.25) is 0 Å². The minimum atomic E-state index is -2.85. The zero-order chi connectivity index (χ0) is 10.9. The zero-order valence-electron chi connectivity index (χ0n) is 6.46. The molecule has 0 saturated carbocycles. The molecular weight excluding hydrogens is 313 g/mol. The predicted octanol–water partition coefficient (Wildman–Crippen LogP) is 1.83. The van der Waals surface area contributed by atoms with Gasteiger partial charge in [-0.25, -0.2) is 8.78 Å². The van der Waals surface area contributed by atoms with E-state index in [9.17, 15) is 23.7 Å². The Balaban J connectivity index is 3.40. The maximum absolute atomic E-state index is 12.1. The lowest BCUT2D eigenvalue weighted by molar-refractivity contribution is -0.387. The summed E-state index contributed by atoms with van der Waals surface area (Å²) in [6.45, 7) is 0. The van der Waals surface area contributed by atoms with Crippen LogP contribution in [0.15, 0.2) is 10.9 Å². The van der Waals surface area contributed by atoms with Gasteiger partial charge >= 0.3 is 5.69 Å². The molecule has 0 aliphatic carbocycles. The number of nitrogens with one attached hydrogen (secondary N) is 1. The van der Waals surface area contributed by atoms with E-state index < -0.39 is 28.2 Å². The van der Waals surface area contributed by atoms with E-state index in [1.807, 2.05) is 0 Å². The van der Waals surface area contributed by atoms with Gasteiger partial charge in [0, 0.05) is 6.07 Å². The third kappa shape index (κ3) is 2.05. The molecule has 0 aromatic carbocycles. The van der Waals surface area contributed by atoms with Crippen molar-refractivity contribution in [3.8, 4) is 0 Å². The van der Waals surface area contributed by atoms with Crippen molar-refractivity contribution >= 4 is 28.3 Å². The average Bonchev–Trinajstić information content (AvgIpc) is 2.01. The van der Waals surface area contributed by atoms with Crippen LogP contribution < -0.4 is 5.43 Å². The highest BCUT2D eigenvalue weighted by molar-refractivity contribution is 14.1. The second-order valence-corrected chi connectivity index (χ2v) is 3.39. The number of hydrogen-bond acceptors (Lipinski definition) is 3. The van der Waals surface area contributed by atoms with Gasteiger partial charge in [-0.2, -0.15) is 0 Å². The fourth-order valence-electron chi connectivity index (χ4n) is 0.827. The molecule has 0 unspecified atom stereocenters. The summed E-state index contributed by atoms with van der Waals surface area (Å²) in [5, 5.41) is 10.3. The first-order chi connectivity index (χ1) is 6.43. The number of alkyl halides is 2. The molecule has 76 valence electrons. The van der Waals surface area contributed by atoms with Crippen molar-refractivity contribution in [1.29, 1.82) is 0 Å². The van der Waals surface area contributed by atoms with Gasteiger partial charge in [-0.15, -0.1) is 0 Å². The number of H-pyrrole nitrogens is 1. The first kappa shape index (κ1) is 11.0. The standard InChI is InChI=1S/C6H3F2IN2O3/c7-5(8)2-1-3(12)4(11(13)14)6(9)10-2/h1,5H,(H,10,12). The van der Waals surface area contributed by atoms with Crippen LogP contribution in [0.2, 0.25) is 0 Å². The van der Waals surface area contributed by atoms with Crippen molar-refractivity contribution in [2.45, 2.75) is 6.43 Å². The third-order valence-corrected chi connectivity index (χ3v) is 2.18. The SMILES string of the molecule is O=c1cc(C(F)F)[nH]c(I)c1[N+](=O)[O-]. The van der Waals surface area contributed by atoms with Crippen LogP contribution >= 0.6 is 22.6 Å². The lowest BCUT2D eigenvalue weighted by Crippen LogP contribution is -2.12. The van der Waals surface area contributed by atoms with Crippen molar-refractivity contribution < 1.29 is 13.7 Å². The number of rotatable bonds is 2. The van der Waals surface area contributed by atoms with E-state index in [1.54, 1.807) is 0 Å². The number of nitro groups is 1. The number of aromatic amines is 1. The third-order valence-electron chi connectivity index (χ3n) is 1.40. The van der Waals surface area contributed by atoms with Crippen LogP contribution in [0.3, 0.4) is 0 Å². The lowest BCUT2D eigenvalue weighted by Gasteiger charge is -2.00. The molecule has 1 rings (SSSR count). The molecule has 0 atom stereocenters. The monoisotopic (exact) mass is 316 g/mol. The second kappa shape index (κ2) is 3.98. The molecule has 8 heteroatoms. The molecule has 1 N–H and O–H groups in total. The van der Waals surface area contributed by atoms with E-state index in [2.05, 4.69) is 4.98 Å². The van der Waals surface area contributed by atoms with Gasteiger partial charge < -0.3 is 4.98 Å². The quantitative estimate of drug-likeness (QED) is 0.391. The van der Waals surface area contributed by atoms with Gasteiger partial charge in [-0.1, -0.05) is 0 Å². The number of halogens is 3. The maximum atomic E-state index is 12.1. The van der Waals surface area contributed by atoms with Gasteiger partial charge in [0.25, 0.3) is 11.9 Å². The summed E-state index contributed by atoms with van der Waals surface area (Å²) in [4.78, 5) is 22.5. The van der Waals surface area contributed by atoms with E-state index in [0.717, 1.165) is 0 Å². The molecule has 1 heterocycles. The molecule has 0 aliphatic heterocycles. The summed E-state index contributed by atoms with van der Waals surface area (Å²) < 4.78 is 24.0. The van der Waals surface area contributed by atoms with Crippen LogP contribution in [0, 0.1) is 13.8 Å². The van der Waals surface area contributed by atoms with Gasteiger partial charge in [0.1, 0.15) is 0 Å². The minimum Gasteiger partial charge on any atom is -0.343 e. The molecule has 0 spiro atoms. The Labute approximate surface area is 89.4 Å². The molecule has 1 aromatic rings. The first-order valence-corrected chi connectivity index (χ1v) is 4.36. The highest BCUT2D eigenvalue weighted by Crippen LogP contribution is 2.19. The van der Waals surface area contributed by atoms with E-state index in [4.69, 9.17) is 0 Å². The number of nitrogens with zero attached hydrogens (tertiary/aromatic N) is 1. The Kier molecular flexibility index (Phi) is 3.13. The van der Waals surface area contributed by atoms with E-state index in [1.165, 1.54) is 22.6 Å². The molecule has 0 saturated heterocycles. The molecule has 5 nitrogen and oxygen atoms in total. The van der Waals surface area contributed by atoms with Gasteiger partial charge in [-0.05, 0) is 22.6 Å². The zero-order valence-corrected chi connectivity index (χ0v) is 8.62. The fourth-order valence-corrected chi connectivity index (χ4v) is 1.60. The Morgan fingerprint density at radius 1 is 1.57 bits per heavy atom. The molecule has 0 amide bonds.